The molecule has 124 valence electrons. The molecule has 0 radical (unpaired) electrons. The van der Waals surface area contributed by atoms with Crippen LogP contribution in [0, 0.1) is 11.6 Å². The van der Waals surface area contributed by atoms with E-state index in [0.717, 1.165) is 18.4 Å². The van der Waals surface area contributed by atoms with Crippen molar-refractivity contribution in [1.82, 2.24) is 0 Å². The van der Waals surface area contributed by atoms with Crippen LogP contribution in [0.15, 0.2) is 36.4 Å². The van der Waals surface area contributed by atoms with Crippen molar-refractivity contribution >= 4 is 15.7 Å². The molecule has 8 heteroatoms. The highest BCUT2D eigenvalue weighted by atomic mass is 32.2. The first-order valence-electron chi connectivity index (χ1n) is 6.58. The first-order valence-corrected chi connectivity index (χ1v) is 8.47. The van der Waals surface area contributed by atoms with Crippen molar-refractivity contribution in [3.8, 4) is 11.5 Å². The van der Waals surface area contributed by atoms with Gasteiger partial charge in [0, 0.05) is 6.07 Å². The first-order chi connectivity index (χ1) is 10.7. The van der Waals surface area contributed by atoms with E-state index in [-0.39, 0.29) is 17.2 Å². The number of aliphatic hydroxyl groups excluding tert-OH is 1. The van der Waals surface area contributed by atoms with Crippen LogP contribution >= 0.6 is 0 Å². The van der Waals surface area contributed by atoms with E-state index in [9.17, 15) is 22.3 Å². The zero-order valence-electron chi connectivity index (χ0n) is 12.4. The van der Waals surface area contributed by atoms with E-state index in [0.29, 0.717) is 11.6 Å². The topological polar surface area (TPSA) is 75.6 Å². The Hall–Kier alpha value is -2.19. The molecule has 0 heterocycles. The highest BCUT2D eigenvalue weighted by Gasteiger charge is 2.14. The van der Waals surface area contributed by atoms with Crippen LogP contribution in [-0.2, 0) is 10.0 Å². The Balaban J connectivity index is 2.46. The summed E-state index contributed by atoms with van der Waals surface area (Å²) in [5, 5.41) is 9.61. The van der Waals surface area contributed by atoms with Crippen molar-refractivity contribution in [2.45, 2.75) is 13.0 Å². The summed E-state index contributed by atoms with van der Waals surface area (Å²) in [7, 11) is -3.59. The van der Waals surface area contributed by atoms with Gasteiger partial charge in [0.15, 0.2) is 17.3 Å². The van der Waals surface area contributed by atoms with Crippen LogP contribution in [0.2, 0.25) is 0 Å². The first kappa shape index (κ1) is 17.2. The predicted octanol–water partition coefficient (Wildman–Crippen LogP) is 3.18. The molecule has 0 aliphatic heterocycles. The molecule has 2 rings (SSSR count). The zero-order valence-corrected chi connectivity index (χ0v) is 13.2. The van der Waals surface area contributed by atoms with Gasteiger partial charge in [0.2, 0.25) is 10.0 Å². The number of halogens is 2. The van der Waals surface area contributed by atoms with Gasteiger partial charge in [0.1, 0.15) is 5.82 Å². The number of rotatable bonds is 5. The van der Waals surface area contributed by atoms with Crippen LogP contribution < -0.4 is 9.46 Å². The lowest BCUT2D eigenvalue weighted by Gasteiger charge is -2.15. The van der Waals surface area contributed by atoms with Gasteiger partial charge >= 0.3 is 0 Å². The fraction of sp³-hybridized carbons (Fsp3) is 0.200. The van der Waals surface area contributed by atoms with Crippen LogP contribution in [0.4, 0.5) is 14.5 Å². The molecular formula is C15H15F2NO4S. The minimum Gasteiger partial charge on any atom is -0.452 e. The smallest absolute Gasteiger partial charge is 0.229 e. The number of nitrogens with one attached hydrogen (secondary N) is 1. The van der Waals surface area contributed by atoms with Crippen LogP contribution in [0.1, 0.15) is 18.6 Å². The third kappa shape index (κ3) is 4.64. The average molecular weight is 343 g/mol. The summed E-state index contributed by atoms with van der Waals surface area (Å²) in [6.07, 6.45) is 0.125. The largest absolute Gasteiger partial charge is 0.452 e. The third-order valence-electron chi connectivity index (χ3n) is 2.90. The molecule has 0 saturated carbocycles. The molecular weight excluding hydrogens is 328 g/mol. The lowest BCUT2D eigenvalue weighted by molar-refractivity contribution is 0.199. The Morgan fingerprint density at radius 2 is 1.83 bits per heavy atom. The van der Waals surface area contributed by atoms with Crippen molar-refractivity contribution < 1.29 is 27.0 Å². The number of aliphatic hydroxyl groups is 1. The lowest BCUT2D eigenvalue weighted by atomic mass is 10.1. The summed E-state index contributed by atoms with van der Waals surface area (Å²) < 4.78 is 57.0. The fourth-order valence-corrected chi connectivity index (χ4v) is 2.41. The lowest BCUT2D eigenvalue weighted by Crippen LogP contribution is -2.10. The Kier molecular flexibility index (Phi) is 4.86. The predicted molar refractivity (Wildman–Crippen MR) is 82.0 cm³/mol. The summed E-state index contributed by atoms with van der Waals surface area (Å²) in [6.45, 7) is 1.52. The van der Waals surface area contributed by atoms with Gasteiger partial charge in [-0.15, -0.1) is 0 Å². The monoisotopic (exact) mass is 343 g/mol. The Morgan fingerprint density at radius 3 is 2.39 bits per heavy atom. The Labute approximate surface area is 132 Å². The van der Waals surface area contributed by atoms with E-state index < -0.39 is 27.8 Å². The molecule has 2 aromatic carbocycles. The minimum atomic E-state index is -3.59. The number of anilines is 1. The fourth-order valence-electron chi connectivity index (χ4n) is 1.84. The van der Waals surface area contributed by atoms with Gasteiger partial charge in [0.05, 0.1) is 18.0 Å². The average Bonchev–Trinajstić information content (AvgIpc) is 2.41. The second kappa shape index (κ2) is 6.51. The van der Waals surface area contributed by atoms with E-state index in [4.69, 9.17) is 4.74 Å². The van der Waals surface area contributed by atoms with Gasteiger partial charge < -0.3 is 9.84 Å². The summed E-state index contributed by atoms with van der Waals surface area (Å²) >= 11 is 0. The van der Waals surface area contributed by atoms with Crippen LogP contribution in [-0.4, -0.2) is 19.8 Å². The molecule has 0 saturated heterocycles. The van der Waals surface area contributed by atoms with Crippen molar-refractivity contribution in [3.63, 3.8) is 0 Å². The van der Waals surface area contributed by atoms with Gasteiger partial charge in [-0.3, -0.25) is 4.72 Å². The maximum Gasteiger partial charge on any atom is 0.229 e. The number of benzene rings is 2. The molecule has 0 aliphatic rings. The van der Waals surface area contributed by atoms with Gasteiger partial charge in [-0.1, -0.05) is 6.07 Å². The van der Waals surface area contributed by atoms with Crippen LogP contribution in [0.25, 0.3) is 0 Å². The van der Waals surface area contributed by atoms with Gasteiger partial charge in [-0.2, -0.15) is 0 Å². The van der Waals surface area contributed by atoms with Crippen molar-refractivity contribution in [2.75, 3.05) is 11.0 Å². The van der Waals surface area contributed by atoms with Crippen molar-refractivity contribution in [1.29, 1.82) is 0 Å². The number of hydrogen-bond donors (Lipinski definition) is 2. The van der Waals surface area contributed by atoms with E-state index in [2.05, 4.69) is 4.72 Å². The standard InChI is InChI=1S/C15H15F2NO4S/c1-9(19)10-3-5-13(18-23(2,20)21)15(7-10)22-14-6-4-11(16)8-12(14)17/h3-9,18-19H,1-2H3/t9-/m0/s1. The van der Waals surface area contributed by atoms with E-state index in [1.807, 2.05) is 0 Å². The van der Waals surface area contributed by atoms with Gasteiger partial charge in [0.25, 0.3) is 0 Å². The summed E-state index contributed by atoms with van der Waals surface area (Å²) in [4.78, 5) is 0. The van der Waals surface area contributed by atoms with E-state index >= 15 is 0 Å². The molecule has 23 heavy (non-hydrogen) atoms. The molecule has 0 fully saturated rings. The SMILES string of the molecule is C[C@H](O)c1ccc(NS(C)(=O)=O)c(Oc2ccc(F)cc2F)c1. The quantitative estimate of drug-likeness (QED) is 0.874. The van der Waals surface area contributed by atoms with E-state index in [1.165, 1.54) is 25.1 Å². The van der Waals surface area contributed by atoms with Crippen LogP contribution in [0.3, 0.4) is 0 Å². The summed E-state index contributed by atoms with van der Waals surface area (Å²) in [5.41, 5.74) is 0.516. The Morgan fingerprint density at radius 1 is 1.13 bits per heavy atom. The number of sulfonamides is 1. The minimum absolute atomic E-state index is 0.0145. The normalized spacial score (nSPS) is 12.7. The molecule has 0 spiro atoms. The summed E-state index contributed by atoms with van der Waals surface area (Å²) in [6, 6.07) is 7.02. The van der Waals surface area contributed by atoms with E-state index in [1.54, 1.807) is 0 Å². The zero-order chi connectivity index (χ0) is 17.2. The Bertz CT molecular complexity index is 822. The highest BCUT2D eigenvalue weighted by Crippen LogP contribution is 2.34. The molecule has 1 atom stereocenters. The molecule has 0 amide bonds. The molecule has 0 aliphatic carbocycles. The number of hydrogen-bond acceptors (Lipinski definition) is 4. The van der Waals surface area contributed by atoms with Gasteiger partial charge in [-0.25, -0.2) is 17.2 Å². The second-order valence-corrected chi connectivity index (χ2v) is 6.73. The summed E-state index contributed by atoms with van der Waals surface area (Å²) in [5.74, 6) is -1.98. The van der Waals surface area contributed by atoms with Crippen LogP contribution in [0.5, 0.6) is 11.5 Å². The van der Waals surface area contributed by atoms with Crippen molar-refractivity contribution in [2.24, 2.45) is 0 Å². The maximum absolute atomic E-state index is 13.7. The van der Waals surface area contributed by atoms with Crippen molar-refractivity contribution in [3.05, 3.63) is 53.6 Å². The molecule has 2 aromatic rings. The number of ether oxygens (including phenoxy) is 1. The molecule has 0 aromatic heterocycles. The maximum atomic E-state index is 13.7. The van der Waals surface area contributed by atoms with Gasteiger partial charge in [-0.05, 0) is 36.8 Å². The molecule has 0 bridgehead atoms. The third-order valence-corrected chi connectivity index (χ3v) is 3.49. The molecule has 5 nitrogen and oxygen atoms in total. The second-order valence-electron chi connectivity index (χ2n) is 4.98. The highest BCUT2D eigenvalue weighted by molar-refractivity contribution is 7.92. The molecule has 2 N–H and O–H groups in total. The molecule has 0 unspecified atom stereocenters.